The van der Waals surface area contributed by atoms with E-state index in [1.165, 1.54) is 5.56 Å². The molecule has 1 spiro atoms. The number of thiocarbonyl (C=S) groups is 1. The molecule has 2 aliphatic carbocycles. The molecule has 2 heterocycles. The van der Waals surface area contributed by atoms with Crippen LogP contribution in [0.4, 0.5) is 0 Å². The molecule has 126 valence electrons. The van der Waals surface area contributed by atoms with Crippen molar-refractivity contribution in [2.75, 3.05) is 13.6 Å². The molecule has 0 aromatic heterocycles. The molecule has 4 nitrogen and oxygen atoms in total. The van der Waals surface area contributed by atoms with E-state index < -0.39 is 11.7 Å². The van der Waals surface area contributed by atoms with Gasteiger partial charge in [-0.15, -0.1) is 0 Å². The molecule has 1 fully saturated rings. The van der Waals surface area contributed by atoms with E-state index in [4.69, 9.17) is 17.0 Å². The largest absolute Gasteiger partial charge is 0.504 e. The molecule has 0 unspecified atom stereocenters. The number of aromatic hydroxyl groups is 1. The van der Waals surface area contributed by atoms with E-state index in [0.29, 0.717) is 16.7 Å². The molecule has 2 bridgehead atoms. The molecular weight excluding hydrogens is 322 g/mol. The van der Waals surface area contributed by atoms with Crippen molar-refractivity contribution in [3.05, 3.63) is 35.4 Å². The highest BCUT2D eigenvalue weighted by molar-refractivity contribution is 7.80. The minimum atomic E-state index is -1.27. The van der Waals surface area contributed by atoms with Gasteiger partial charge in [0.05, 0.1) is 0 Å². The first-order chi connectivity index (χ1) is 11.4. The zero-order valence-corrected chi connectivity index (χ0v) is 14.6. The van der Waals surface area contributed by atoms with Gasteiger partial charge < -0.3 is 19.8 Å². The Morgan fingerprint density at radius 3 is 2.96 bits per heavy atom. The van der Waals surface area contributed by atoms with Crippen LogP contribution in [0, 0.1) is 5.92 Å². The lowest BCUT2D eigenvalue weighted by molar-refractivity contribution is -0.0670. The second kappa shape index (κ2) is 4.40. The van der Waals surface area contributed by atoms with Gasteiger partial charge in [-0.2, -0.15) is 0 Å². The van der Waals surface area contributed by atoms with Crippen LogP contribution in [0.3, 0.4) is 0 Å². The number of piperidine rings is 1. The summed E-state index contributed by atoms with van der Waals surface area (Å²) in [4.78, 5) is 2.94. The van der Waals surface area contributed by atoms with Crippen molar-refractivity contribution in [3.63, 3.8) is 0 Å². The first-order valence-corrected chi connectivity index (χ1v) is 8.95. The quantitative estimate of drug-likeness (QED) is 0.603. The molecule has 4 aliphatic rings. The zero-order valence-electron chi connectivity index (χ0n) is 13.8. The average molecular weight is 343 g/mol. The monoisotopic (exact) mass is 343 g/mol. The van der Waals surface area contributed by atoms with E-state index in [-0.39, 0.29) is 17.1 Å². The Morgan fingerprint density at radius 1 is 1.42 bits per heavy atom. The average Bonchev–Trinajstić information content (AvgIpc) is 2.91. The fraction of sp³-hybridized carbons (Fsp3) is 0.526. The van der Waals surface area contributed by atoms with Gasteiger partial charge >= 0.3 is 0 Å². The van der Waals surface area contributed by atoms with Crippen LogP contribution in [0.1, 0.15) is 24.5 Å². The number of phenols is 1. The first kappa shape index (κ1) is 14.9. The Bertz CT molecular complexity index is 806. The number of hydrogen-bond donors (Lipinski definition) is 2. The van der Waals surface area contributed by atoms with Crippen LogP contribution in [-0.4, -0.2) is 51.3 Å². The highest BCUT2D eigenvalue weighted by Crippen LogP contribution is 2.63. The second-order valence-electron chi connectivity index (χ2n) is 7.75. The predicted molar refractivity (Wildman–Crippen MR) is 94.8 cm³/mol. The number of aliphatic hydroxyl groups is 1. The molecule has 0 radical (unpaired) electrons. The van der Waals surface area contributed by atoms with Gasteiger partial charge in [0.25, 0.3) is 0 Å². The SMILES string of the molecule is CC(=S)[C@]1(O)C=C[C@H]2[C@H]3Cc4ccc(O)c5c4[C@@]2(CCN3C)[C@H]1O5. The summed E-state index contributed by atoms with van der Waals surface area (Å²) in [5.74, 6) is 0.994. The van der Waals surface area contributed by atoms with Gasteiger partial charge in [0.15, 0.2) is 17.1 Å². The topological polar surface area (TPSA) is 52.9 Å². The number of ether oxygens (including phenoxy) is 1. The first-order valence-electron chi connectivity index (χ1n) is 8.54. The van der Waals surface area contributed by atoms with Crippen molar-refractivity contribution >= 4 is 17.1 Å². The van der Waals surface area contributed by atoms with E-state index in [0.717, 1.165) is 24.9 Å². The Labute approximate surface area is 146 Å². The zero-order chi connectivity index (χ0) is 16.9. The fourth-order valence-electron chi connectivity index (χ4n) is 5.61. The number of hydrogen-bond acceptors (Lipinski definition) is 5. The van der Waals surface area contributed by atoms with E-state index >= 15 is 0 Å². The Balaban J connectivity index is 1.84. The molecule has 1 aromatic rings. The van der Waals surface area contributed by atoms with Crippen molar-refractivity contribution < 1.29 is 14.9 Å². The summed E-state index contributed by atoms with van der Waals surface area (Å²) in [6.07, 6.45) is 5.37. The molecule has 0 saturated carbocycles. The van der Waals surface area contributed by atoms with Gasteiger partial charge in [0.1, 0.15) is 6.10 Å². The van der Waals surface area contributed by atoms with Crippen LogP contribution in [0.2, 0.25) is 0 Å². The van der Waals surface area contributed by atoms with Crippen LogP contribution < -0.4 is 4.74 Å². The number of phenolic OH excluding ortho intramolecular Hbond substituents is 1. The van der Waals surface area contributed by atoms with Crippen molar-refractivity contribution in [2.45, 2.75) is 42.9 Å². The third-order valence-electron chi connectivity index (χ3n) is 6.80. The maximum atomic E-state index is 11.3. The van der Waals surface area contributed by atoms with Gasteiger partial charge in [-0.05, 0) is 51.1 Å². The van der Waals surface area contributed by atoms with Crippen molar-refractivity contribution in [2.24, 2.45) is 5.92 Å². The Morgan fingerprint density at radius 2 is 2.21 bits per heavy atom. The molecule has 1 saturated heterocycles. The molecule has 2 N–H and O–H groups in total. The smallest absolute Gasteiger partial charge is 0.165 e. The van der Waals surface area contributed by atoms with Crippen molar-refractivity contribution in [1.82, 2.24) is 4.90 Å². The molecule has 5 heteroatoms. The summed E-state index contributed by atoms with van der Waals surface area (Å²) in [6, 6.07) is 4.12. The standard InChI is InChI=1S/C19H21NO3S/c1-10(24)19(22)6-5-12-13-9-11-3-4-14(21)16-15(11)18(12,17(19)23-16)7-8-20(13)2/h3-6,12-13,17,21-22H,7-9H2,1-2H3/t12-,13+,17+,18-,19+/m0/s1. The highest BCUT2D eigenvalue weighted by atomic mass is 32.1. The number of likely N-dealkylation sites (tertiary alicyclic amines) is 1. The maximum absolute atomic E-state index is 11.3. The van der Waals surface area contributed by atoms with Crippen molar-refractivity contribution in [1.29, 1.82) is 0 Å². The van der Waals surface area contributed by atoms with Gasteiger partial charge in [0, 0.05) is 27.8 Å². The lowest BCUT2D eigenvalue weighted by atomic mass is 9.51. The fourth-order valence-corrected chi connectivity index (χ4v) is 5.78. The van der Waals surface area contributed by atoms with Crippen LogP contribution in [-0.2, 0) is 11.8 Å². The summed E-state index contributed by atoms with van der Waals surface area (Å²) in [5, 5.41) is 21.7. The summed E-state index contributed by atoms with van der Waals surface area (Å²) in [6.45, 7) is 2.73. The number of benzene rings is 1. The van der Waals surface area contributed by atoms with Gasteiger partial charge in [-0.3, -0.25) is 0 Å². The maximum Gasteiger partial charge on any atom is 0.165 e. The van der Waals surface area contributed by atoms with E-state index in [2.05, 4.69) is 18.0 Å². The van der Waals surface area contributed by atoms with Crippen LogP contribution >= 0.6 is 12.2 Å². The van der Waals surface area contributed by atoms with E-state index in [1.54, 1.807) is 13.0 Å². The predicted octanol–water partition coefficient (Wildman–Crippen LogP) is 1.96. The van der Waals surface area contributed by atoms with Gasteiger partial charge in [-0.25, -0.2) is 0 Å². The molecule has 1 aromatic carbocycles. The Hall–Kier alpha value is -1.43. The normalized spacial score (nSPS) is 41.7. The lowest BCUT2D eigenvalue weighted by Crippen LogP contribution is -2.69. The second-order valence-corrected chi connectivity index (χ2v) is 8.37. The molecule has 24 heavy (non-hydrogen) atoms. The number of nitrogens with zero attached hydrogens (tertiary/aromatic N) is 1. The summed E-state index contributed by atoms with van der Waals surface area (Å²) >= 11 is 5.40. The van der Waals surface area contributed by atoms with Gasteiger partial charge in [-0.1, -0.05) is 24.4 Å². The number of rotatable bonds is 1. The molecule has 5 atom stereocenters. The summed E-state index contributed by atoms with van der Waals surface area (Å²) < 4.78 is 6.26. The summed E-state index contributed by atoms with van der Waals surface area (Å²) in [7, 11) is 2.17. The van der Waals surface area contributed by atoms with Crippen LogP contribution in [0.25, 0.3) is 0 Å². The molecular formula is C19H21NO3S. The summed E-state index contributed by atoms with van der Waals surface area (Å²) in [5.41, 5.74) is 0.771. The molecule has 2 aliphatic heterocycles. The Kier molecular flexibility index (Phi) is 2.72. The van der Waals surface area contributed by atoms with E-state index in [1.807, 2.05) is 12.1 Å². The minimum absolute atomic E-state index is 0.165. The lowest BCUT2D eigenvalue weighted by Gasteiger charge is -2.58. The minimum Gasteiger partial charge on any atom is -0.504 e. The third kappa shape index (κ3) is 1.46. The van der Waals surface area contributed by atoms with E-state index in [9.17, 15) is 10.2 Å². The molecule has 0 amide bonds. The van der Waals surface area contributed by atoms with Crippen LogP contribution in [0.5, 0.6) is 11.5 Å². The third-order valence-corrected chi connectivity index (χ3v) is 7.12. The van der Waals surface area contributed by atoms with Gasteiger partial charge in [0.2, 0.25) is 0 Å². The molecule has 5 rings (SSSR count). The number of likely N-dealkylation sites (N-methyl/N-ethyl adjacent to an activating group) is 1. The highest BCUT2D eigenvalue weighted by Gasteiger charge is 2.68. The van der Waals surface area contributed by atoms with Crippen LogP contribution in [0.15, 0.2) is 24.3 Å². The van der Waals surface area contributed by atoms with Crippen molar-refractivity contribution in [3.8, 4) is 11.5 Å².